The van der Waals surface area contributed by atoms with Crippen molar-refractivity contribution < 1.29 is 45.3 Å². The lowest BCUT2D eigenvalue weighted by molar-refractivity contribution is -0.118. The van der Waals surface area contributed by atoms with Crippen molar-refractivity contribution in [1.82, 2.24) is 5.32 Å². The summed E-state index contributed by atoms with van der Waals surface area (Å²) in [7, 11) is 1.57. The highest BCUT2D eigenvalue weighted by Gasteiger charge is 2.29. The number of phenols is 1. The van der Waals surface area contributed by atoms with Crippen molar-refractivity contribution in [2.45, 2.75) is 43.8 Å². The van der Waals surface area contributed by atoms with E-state index in [1.807, 2.05) is 66.7 Å². The van der Waals surface area contributed by atoms with Crippen LogP contribution in [0.4, 0.5) is 5.69 Å². The van der Waals surface area contributed by atoms with Gasteiger partial charge in [-0.3, -0.25) is 4.79 Å². The van der Waals surface area contributed by atoms with Crippen LogP contribution in [0.1, 0.15) is 39.0 Å². The number of aromatic hydroxyl groups is 1. The molecule has 50 heavy (non-hydrogen) atoms. The van der Waals surface area contributed by atoms with Gasteiger partial charge < -0.3 is 46.0 Å². The molecular weight excluding hydrogens is 664 g/mol. The second-order valence-corrected chi connectivity index (χ2v) is 11.7. The molecule has 0 aliphatic heterocycles. The smallest absolute Gasteiger partial charge is 0.339 e. The Labute approximate surface area is 295 Å². The van der Waals surface area contributed by atoms with E-state index in [1.54, 1.807) is 30.1 Å². The number of nitrogens with zero attached hydrogens (tertiary/aromatic N) is 1. The quantitative estimate of drug-likeness (QED) is 0.0961. The molecule has 0 saturated heterocycles. The number of likely N-dealkylation sites (N-methyl/N-ethyl adjacent to an activating group) is 1. The van der Waals surface area contributed by atoms with E-state index >= 15 is 0 Å². The number of hydrogen-bond acceptors (Lipinski definition) is 9. The summed E-state index contributed by atoms with van der Waals surface area (Å²) in [5, 5.41) is 67.5. The molecule has 0 radical (unpaired) electrons. The van der Waals surface area contributed by atoms with Crippen LogP contribution >= 0.6 is 11.6 Å². The predicted octanol–water partition coefficient (Wildman–Crippen LogP) is 2.95. The normalized spacial score (nSPS) is 13.0. The number of amides is 1. The lowest BCUT2D eigenvalue weighted by Gasteiger charge is -2.25. The monoisotopic (exact) mass is 704 g/mol. The Morgan fingerprint density at radius 2 is 1.38 bits per heavy atom. The number of aliphatic hydroxyl groups excluding tert-OH is 5. The molecule has 0 aromatic heterocycles. The van der Waals surface area contributed by atoms with Gasteiger partial charge in [0.2, 0.25) is 5.91 Å². The number of aryl methyl sites for hydroxylation is 1. The Morgan fingerprint density at radius 1 is 0.800 bits per heavy atom. The lowest BCUT2D eigenvalue weighted by atomic mass is 10.0. The summed E-state index contributed by atoms with van der Waals surface area (Å²) in [5.74, 6) is 4.44. The molecule has 0 unspecified atom stereocenters. The third-order valence-corrected chi connectivity index (χ3v) is 7.77. The van der Waals surface area contributed by atoms with Gasteiger partial charge in [-0.25, -0.2) is 4.79 Å². The van der Waals surface area contributed by atoms with E-state index in [2.05, 4.69) is 17.2 Å². The topological polar surface area (TPSA) is 191 Å². The number of carbonyl (C=O) groups excluding carboxylic acids is 1. The fourth-order valence-corrected chi connectivity index (χ4v) is 4.79. The molecule has 0 heterocycles. The van der Waals surface area contributed by atoms with Gasteiger partial charge in [-0.2, -0.15) is 0 Å². The highest BCUT2D eigenvalue weighted by Crippen LogP contribution is 2.26. The van der Waals surface area contributed by atoms with Gasteiger partial charge in [-0.1, -0.05) is 65.9 Å². The first kappa shape index (κ1) is 39.7. The zero-order chi connectivity index (χ0) is 36.6. The summed E-state index contributed by atoms with van der Waals surface area (Å²) in [4.78, 5) is 26.4. The van der Waals surface area contributed by atoms with Crippen molar-refractivity contribution in [2.75, 3.05) is 25.1 Å². The zero-order valence-electron chi connectivity index (χ0n) is 27.4. The van der Waals surface area contributed by atoms with Gasteiger partial charge in [-0.05, 0) is 79.2 Å². The van der Waals surface area contributed by atoms with Crippen molar-refractivity contribution in [3.05, 3.63) is 130 Å². The molecule has 0 spiro atoms. The molecule has 0 saturated carbocycles. The molecule has 264 valence electrons. The minimum absolute atomic E-state index is 0.0936. The second-order valence-electron chi connectivity index (χ2n) is 11.3. The second kappa shape index (κ2) is 20.0. The molecule has 4 aromatic carbocycles. The number of carboxylic acid groups (broad SMARTS) is 1. The number of carbonyl (C=O) groups is 2. The SMILES string of the molecule is CNC[C@H](O)[C@@H](O)[C@H](O)[C@H](O)CO.O=C(O)c1cc(N(Cc2ccc(C#Cc3ccc(Cl)cc3)cc2)C(=O)CCc2ccccc2)ccc1O. The van der Waals surface area contributed by atoms with Crippen LogP contribution in [0.2, 0.25) is 5.02 Å². The van der Waals surface area contributed by atoms with Crippen LogP contribution in [0.25, 0.3) is 0 Å². The number of nitrogens with one attached hydrogen (secondary N) is 1. The average Bonchev–Trinajstić information content (AvgIpc) is 3.13. The fraction of sp³-hybridized carbons (Fsp3) is 0.263. The number of aromatic carboxylic acids is 1. The van der Waals surface area contributed by atoms with Crippen molar-refractivity contribution in [1.29, 1.82) is 0 Å². The van der Waals surface area contributed by atoms with Gasteiger partial charge in [0.15, 0.2) is 0 Å². The lowest BCUT2D eigenvalue weighted by Crippen LogP contribution is -2.48. The zero-order valence-corrected chi connectivity index (χ0v) is 28.1. The minimum Gasteiger partial charge on any atom is -0.507 e. The van der Waals surface area contributed by atoms with E-state index in [9.17, 15) is 24.9 Å². The van der Waals surface area contributed by atoms with Crippen molar-refractivity contribution in [3.63, 3.8) is 0 Å². The van der Waals surface area contributed by atoms with E-state index in [4.69, 9.17) is 32.0 Å². The van der Waals surface area contributed by atoms with Crippen LogP contribution in [-0.4, -0.2) is 92.2 Å². The molecule has 0 aliphatic rings. The largest absolute Gasteiger partial charge is 0.507 e. The number of halogens is 1. The van der Waals surface area contributed by atoms with Crippen LogP contribution < -0.4 is 10.2 Å². The van der Waals surface area contributed by atoms with Crippen LogP contribution in [-0.2, 0) is 17.8 Å². The van der Waals surface area contributed by atoms with E-state index in [-0.39, 0.29) is 36.7 Å². The summed E-state index contributed by atoms with van der Waals surface area (Å²) in [5.41, 5.74) is 3.71. The summed E-state index contributed by atoms with van der Waals surface area (Å²) in [6.45, 7) is -0.330. The van der Waals surface area contributed by atoms with Gasteiger partial charge in [0.25, 0.3) is 0 Å². The van der Waals surface area contributed by atoms with Gasteiger partial charge in [0.05, 0.1) is 19.3 Å². The Hall–Kier alpha value is -4.77. The molecule has 8 N–H and O–H groups in total. The number of aliphatic hydroxyl groups is 5. The molecule has 4 aromatic rings. The van der Waals surface area contributed by atoms with E-state index < -0.39 is 37.0 Å². The predicted molar refractivity (Wildman–Crippen MR) is 190 cm³/mol. The molecule has 12 heteroatoms. The Kier molecular flexibility index (Phi) is 15.9. The first-order valence-corrected chi connectivity index (χ1v) is 16.1. The molecule has 0 aliphatic carbocycles. The van der Waals surface area contributed by atoms with Crippen LogP contribution in [0, 0.1) is 11.8 Å². The van der Waals surface area contributed by atoms with Gasteiger partial charge >= 0.3 is 5.97 Å². The molecule has 0 bridgehead atoms. The fourth-order valence-electron chi connectivity index (χ4n) is 4.66. The first-order chi connectivity index (χ1) is 23.9. The summed E-state index contributed by atoms with van der Waals surface area (Å²) < 4.78 is 0. The molecule has 0 fully saturated rings. The van der Waals surface area contributed by atoms with Crippen molar-refractivity contribution in [3.8, 4) is 17.6 Å². The standard InChI is InChI=1S/C31H24ClNO4.C7H17NO5/c32-26-15-12-24(13-16-26)7-6-23-8-10-25(11-9-23)21-33(27-17-18-29(34)28(20-27)31(36)37)30(35)19-14-22-4-2-1-3-5-22;1-8-2-4(10)6(12)7(13)5(11)3-9/h1-5,8-13,15-18,20,34H,14,19,21H2,(H,36,37);4-13H,2-3H2,1H3/t;4-,5+,6+,7+/m.0/s1. The van der Waals surface area contributed by atoms with E-state index in [0.717, 1.165) is 22.3 Å². The van der Waals surface area contributed by atoms with Crippen LogP contribution in [0.5, 0.6) is 5.75 Å². The Morgan fingerprint density at radius 3 is 1.94 bits per heavy atom. The number of carboxylic acids is 1. The maximum atomic E-state index is 13.3. The maximum absolute atomic E-state index is 13.3. The van der Waals surface area contributed by atoms with Crippen LogP contribution in [0.3, 0.4) is 0 Å². The molecule has 4 atom stereocenters. The highest BCUT2D eigenvalue weighted by molar-refractivity contribution is 6.30. The van der Waals surface area contributed by atoms with Crippen molar-refractivity contribution in [2.24, 2.45) is 0 Å². The third-order valence-electron chi connectivity index (χ3n) is 7.52. The van der Waals surface area contributed by atoms with Gasteiger partial charge in [0, 0.05) is 34.8 Å². The molecule has 11 nitrogen and oxygen atoms in total. The summed E-state index contributed by atoms with van der Waals surface area (Å²) in [6.07, 6.45) is -4.84. The average molecular weight is 705 g/mol. The highest BCUT2D eigenvalue weighted by atomic mass is 35.5. The molecule has 4 rings (SSSR count). The number of hydrogen-bond donors (Lipinski definition) is 8. The van der Waals surface area contributed by atoms with Crippen molar-refractivity contribution >= 4 is 29.2 Å². The van der Waals surface area contributed by atoms with Crippen LogP contribution in [0.15, 0.2) is 97.1 Å². The van der Waals surface area contributed by atoms with E-state index in [1.165, 1.54) is 12.1 Å². The maximum Gasteiger partial charge on any atom is 0.339 e. The Bertz CT molecular complexity index is 1730. The molecule has 1 amide bonds. The summed E-state index contributed by atoms with van der Waals surface area (Å²) in [6, 6.07) is 28.7. The number of anilines is 1. The number of rotatable bonds is 13. The third kappa shape index (κ3) is 12.3. The minimum atomic E-state index is -1.55. The first-order valence-electron chi connectivity index (χ1n) is 15.7. The van der Waals surface area contributed by atoms with Gasteiger partial charge in [0.1, 0.15) is 29.6 Å². The number of benzene rings is 4. The van der Waals surface area contributed by atoms with Gasteiger partial charge in [-0.15, -0.1) is 0 Å². The van der Waals surface area contributed by atoms with E-state index in [0.29, 0.717) is 17.1 Å². The molecular formula is C38H41ClN2O9. The Balaban J connectivity index is 0.000000442. The summed E-state index contributed by atoms with van der Waals surface area (Å²) >= 11 is 5.92.